The van der Waals surface area contributed by atoms with E-state index in [1.165, 1.54) is 5.56 Å². The number of guanidine groups is 1. The topological polar surface area (TPSA) is 75.8 Å². The van der Waals surface area contributed by atoms with Gasteiger partial charge < -0.3 is 15.4 Å². The molecule has 0 radical (unpaired) electrons. The van der Waals surface area contributed by atoms with Gasteiger partial charge >= 0.3 is 0 Å². The molecule has 2 N–H and O–H groups in total. The van der Waals surface area contributed by atoms with Crippen LogP contribution < -0.4 is 10.6 Å². The molecule has 0 saturated heterocycles. The van der Waals surface area contributed by atoms with E-state index in [4.69, 9.17) is 4.74 Å². The third-order valence-electron chi connectivity index (χ3n) is 3.89. The van der Waals surface area contributed by atoms with Gasteiger partial charge in [0, 0.05) is 26.9 Å². The van der Waals surface area contributed by atoms with Crippen LogP contribution in [0.4, 0.5) is 0 Å². The molecule has 0 aliphatic carbocycles. The third-order valence-corrected chi connectivity index (χ3v) is 3.89. The van der Waals surface area contributed by atoms with E-state index in [-0.39, 0.29) is 0 Å². The molecule has 130 valence electrons. The van der Waals surface area contributed by atoms with Crippen LogP contribution in [0.3, 0.4) is 0 Å². The van der Waals surface area contributed by atoms with Crippen molar-refractivity contribution in [1.82, 2.24) is 25.2 Å². The van der Waals surface area contributed by atoms with Crippen LogP contribution in [0.2, 0.25) is 0 Å². The highest BCUT2D eigenvalue weighted by Crippen LogP contribution is 2.09. The monoisotopic (exact) mass is 338 g/mol. The largest absolute Gasteiger partial charge is 0.380 e. The van der Waals surface area contributed by atoms with E-state index in [1.807, 2.05) is 40.9 Å². The summed E-state index contributed by atoms with van der Waals surface area (Å²) in [6.07, 6.45) is 1.95. The van der Waals surface area contributed by atoms with Crippen LogP contribution in [0, 0.1) is 0 Å². The van der Waals surface area contributed by atoms with Gasteiger partial charge in [-0.25, -0.2) is 0 Å². The first-order valence-corrected chi connectivity index (χ1v) is 8.10. The standard InChI is InChI=1S/C18H22N6O/c1-19-18(20-11-14-7-3-4-8-15(14)13-25-2)21-12-17-23-22-16-9-5-6-10-24(16)17/h3-10H,11-13H2,1-2H3,(H2,19,20,21). The van der Waals surface area contributed by atoms with E-state index >= 15 is 0 Å². The second-order valence-electron chi connectivity index (χ2n) is 5.53. The smallest absolute Gasteiger partial charge is 0.191 e. The normalized spacial score (nSPS) is 11.7. The van der Waals surface area contributed by atoms with Crippen molar-refractivity contribution in [2.45, 2.75) is 19.7 Å². The van der Waals surface area contributed by atoms with Crippen LogP contribution in [0.25, 0.3) is 5.65 Å². The van der Waals surface area contributed by atoms with Gasteiger partial charge in [0.1, 0.15) is 0 Å². The molecule has 0 spiro atoms. The Balaban J connectivity index is 1.60. The fourth-order valence-electron chi connectivity index (χ4n) is 2.60. The molecule has 0 amide bonds. The van der Waals surface area contributed by atoms with Crippen molar-refractivity contribution in [2.24, 2.45) is 4.99 Å². The lowest BCUT2D eigenvalue weighted by Crippen LogP contribution is -2.37. The van der Waals surface area contributed by atoms with Gasteiger partial charge in [0.25, 0.3) is 0 Å². The Morgan fingerprint density at radius 2 is 1.80 bits per heavy atom. The number of rotatable bonds is 6. The number of fused-ring (bicyclic) bond motifs is 1. The highest BCUT2D eigenvalue weighted by molar-refractivity contribution is 5.79. The maximum atomic E-state index is 5.25. The average molecular weight is 338 g/mol. The van der Waals surface area contributed by atoms with E-state index in [9.17, 15) is 0 Å². The zero-order valence-electron chi connectivity index (χ0n) is 14.4. The summed E-state index contributed by atoms with van der Waals surface area (Å²) in [6, 6.07) is 14.0. The fraction of sp³-hybridized carbons (Fsp3) is 0.278. The Labute approximate surface area is 146 Å². The molecule has 2 heterocycles. The van der Waals surface area contributed by atoms with Crippen LogP contribution >= 0.6 is 0 Å². The third kappa shape index (κ3) is 4.13. The number of aromatic nitrogens is 3. The predicted octanol–water partition coefficient (Wildman–Crippen LogP) is 1.74. The highest BCUT2D eigenvalue weighted by atomic mass is 16.5. The number of nitrogens with one attached hydrogen (secondary N) is 2. The lowest BCUT2D eigenvalue weighted by molar-refractivity contribution is 0.184. The fourth-order valence-corrected chi connectivity index (χ4v) is 2.60. The SMILES string of the molecule is CN=C(NCc1ccccc1COC)NCc1nnc2ccccn12. The van der Waals surface area contributed by atoms with Gasteiger partial charge in [0.15, 0.2) is 17.4 Å². The molecule has 1 aromatic carbocycles. The summed E-state index contributed by atoms with van der Waals surface area (Å²) in [4.78, 5) is 4.26. The Kier molecular flexibility index (Phi) is 5.58. The Hall–Kier alpha value is -2.93. The summed E-state index contributed by atoms with van der Waals surface area (Å²) >= 11 is 0. The second kappa shape index (κ2) is 8.25. The molecule has 0 aliphatic heterocycles. The molecule has 7 nitrogen and oxygen atoms in total. The number of methoxy groups -OCH3 is 1. The zero-order valence-corrected chi connectivity index (χ0v) is 14.4. The van der Waals surface area contributed by atoms with Gasteiger partial charge in [-0.3, -0.25) is 9.39 Å². The van der Waals surface area contributed by atoms with Crippen molar-refractivity contribution in [3.05, 3.63) is 65.6 Å². The lowest BCUT2D eigenvalue weighted by Gasteiger charge is -2.13. The number of hydrogen-bond donors (Lipinski definition) is 2. The predicted molar refractivity (Wildman–Crippen MR) is 97.2 cm³/mol. The van der Waals surface area contributed by atoms with Gasteiger partial charge in [0.05, 0.1) is 13.2 Å². The van der Waals surface area contributed by atoms with Gasteiger partial charge in [-0.2, -0.15) is 0 Å². The number of hydrogen-bond acceptors (Lipinski definition) is 4. The molecule has 0 unspecified atom stereocenters. The zero-order chi connectivity index (χ0) is 17.5. The Morgan fingerprint density at radius 3 is 2.60 bits per heavy atom. The molecule has 25 heavy (non-hydrogen) atoms. The van der Waals surface area contributed by atoms with Gasteiger partial charge in [-0.05, 0) is 23.3 Å². The summed E-state index contributed by atoms with van der Waals surface area (Å²) in [7, 11) is 3.45. The van der Waals surface area contributed by atoms with Gasteiger partial charge in [0.2, 0.25) is 0 Å². The van der Waals surface area contributed by atoms with Crippen molar-refractivity contribution in [3.8, 4) is 0 Å². The Morgan fingerprint density at radius 1 is 1.04 bits per heavy atom. The number of benzene rings is 1. The first-order valence-electron chi connectivity index (χ1n) is 8.10. The summed E-state index contributed by atoms with van der Waals surface area (Å²) in [6.45, 7) is 1.79. The molecule has 2 aromatic heterocycles. The molecule has 0 aliphatic rings. The van der Waals surface area contributed by atoms with Crippen molar-refractivity contribution < 1.29 is 4.74 Å². The van der Waals surface area contributed by atoms with Gasteiger partial charge in [-0.15, -0.1) is 10.2 Å². The van der Waals surface area contributed by atoms with Crippen LogP contribution in [-0.4, -0.2) is 34.7 Å². The van der Waals surface area contributed by atoms with E-state index in [2.05, 4.69) is 38.0 Å². The number of aliphatic imine (C=N–C) groups is 1. The average Bonchev–Trinajstić information content (AvgIpc) is 3.06. The molecule has 0 saturated carbocycles. The first kappa shape index (κ1) is 16.9. The maximum Gasteiger partial charge on any atom is 0.191 e. The van der Waals surface area contributed by atoms with E-state index in [0.29, 0.717) is 25.7 Å². The van der Waals surface area contributed by atoms with Crippen LogP contribution in [0.5, 0.6) is 0 Å². The lowest BCUT2D eigenvalue weighted by atomic mass is 10.1. The van der Waals surface area contributed by atoms with Crippen molar-refractivity contribution >= 4 is 11.6 Å². The first-order chi connectivity index (χ1) is 12.3. The molecule has 3 rings (SSSR count). The molecule has 0 fully saturated rings. The van der Waals surface area contributed by atoms with E-state index in [0.717, 1.165) is 17.0 Å². The van der Waals surface area contributed by atoms with Crippen LogP contribution in [0.1, 0.15) is 17.0 Å². The second-order valence-corrected chi connectivity index (χ2v) is 5.53. The summed E-state index contributed by atoms with van der Waals surface area (Å²) in [5.41, 5.74) is 3.17. The summed E-state index contributed by atoms with van der Waals surface area (Å²) in [5, 5.41) is 14.9. The minimum absolute atomic E-state index is 0.532. The maximum absolute atomic E-state index is 5.25. The minimum Gasteiger partial charge on any atom is -0.380 e. The van der Waals surface area contributed by atoms with E-state index < -0.39 is 0 Å². The molecule has 3 aromatic rings. The van der Waals surface area contributed by atoms with Crippen molar-refractivity contribution in [3.63, 3.8) is 0 Å². The van der Waals surface area contributed by atoms with Crippen LogP contribution in [-0.2, 0) is 24.4 Å². The van der Waals surface area contributed by atoms with Crippen molar-refractivity contribution in [2.75, 3.05) is 14.2 Å². The van der Waals surface area contributed by atoms with E-state index in [1.54, 1.807) is 14.2 Å². The van der Waals surface area contributed by atoms with Crippen molar-refractivity contribution in [1.29, 1.82) is 0 Å². The summed E-state index contributed by atoms with van der Waals surface area (Å²) < 4.78 is 7.20. The summed E-state index contributed by atoms with van der Waals surface area (Å²) in [5.74, 6) is 1.54. The Bertz CT molecular complexity index is 857. The molecular weight excluding hydrogens is 316 g/mol. The molecular formula is C18H22N6O. The number of nitrogens with zero attached hydrogens (tertiary/aromatic N) is 4. The highest BCUT2D eigenvalue weighted by Gasteiger charge is 2.07. The molecule has 7 heteroatoms. The quantitative estimate of drug-likeness (QED) is 0.529. The minimum atomic E-state index is 0.532. The van der Waals surface area contributed by atoms with Gasteiger partial charge in [-0.1, -0.05) is 30.3 Å². The van der Waals surface area contributed by atoms with Crippen LogP contribution in [0.15, 0.2) is 53.7 Å². The molecule has 0 bridgehead atoms. The number of ether oxygens (including phenoxy) is 1. The number of pyridine rings is 1. The molecule has 0 atom stereocenters.